The molecule has 0 spiro atoms. The van der Waals surface area contributed by atoms with Crippen molar-refractivity contribution in [2.45, 2.75) is 6.54 Å². The molecule has 152 valence electrons. The summed E-state index contributed by atoms with van der Waals surface area (Å²) in [5, 5.41) is 20.7. The molecule has 2 heterocycles. The minimum atomic E-state index is -0.328. The van der Waals surface area contributed by atoms with Gasteiger partial charge in [0, 0.05) is 32.7 Å². The minimum absolute atomic E-state index is 0.00423. The lowest BCUT2D eigenvalue weighted by Gasteiger charge is -2.34. The van der Waals surface area contributed by atoms with Crippen LogP contribution in [0.25, 0.3) is 16.5 Å². The molecule has 1 aromatic heterocycles. The van der Waals surface area contributed by atoms with Crippen molar-refractivity contribution in [3.8, 4) is 6.07 Å². The number of nitrogens with one attached hydrogen (secondary N) is 1. The molecule has 4 rings (SSSR count). The number of allylic oxidation sites excluding steroid dienone is 1. The fraction of sp³-hybridized carbons (Fsp3) is 0.261. The number of piperazine rings is 1. The SMILES string of the molecule is N#CC(=C(O)CN1CCN(Cc2ccccc2)CC1)c1nc2ccccc2c(=O)[nH]1. The second-order valence-electron chi connectivity index (χ2n) is 7.40. The third-order valence-electron chi connectivity index (χ3n) is 5.34. The van der Waals surface area contributed by atoms with Crippen LogP contribution in [-0.2, 0) is 6.54 Å². The highest BCUT2D eigenvalue weighted by Crippen LogP contribution is 2.17. The van der Waals surface area contributed by atoms with Crippen LogP contribution < -0.4 is 5.56 Å². The first kappa shape index (κ1) is 19.8. The number of H-pyrrole nitrogens is 1. The van der Waals surface area contributed by atoms with Gasteiger partial charge in [-0.3, -0.25) is 14.6 Å². The number of hydrogen-bond acceptors (Lipinski definition) is 6. The maximum Gasteiger partial charge on any atom is 0.259 e. The molecule has 0 radical (unpaired) electrons. The van der Waals surface area contributed by atoms with Crippen molar-refractivity contribution in [2.24, 2.45) is 0 Å². The lowest BCUT2D eigenvalue weighted by Crippen LogP contribution is -2.46. The Morgan fingerprint density at radius 1 is 1.03 bits per heavy atom. The zero-order valence-corrected chi connectivity index (χ0v) is 16.6. The molecule has 7 heteroatoms. The monoisotopic (exact) mass is 401 g/mol. The number of rotatable bonds is 5. The Labute approximate surface area is 174 Å². The topological polar surface area (TPSA) is 96.2 Å². The first-order valence-corrected chi connectivity index (χ1v) is 9.94. The first-order chi connectivity index (χ1) is 14.6. The van der Waals surface area contributed by atoms with Crippen LogP contribution in [0.2, 0.25) is 0 Å². The molecule has 1 saturated heterocycles. The fourth-order valence-corrected chi connectivity index (χ4v) is 3.70. The predicted molar refractivity (Wildman–Crippen MR) is 116 cm³/mol. The number of aliphatic hydroxyl groups excluding tert-OH is 1. The third kappa shape index (κ3) is 4.40. The van der Waals surface area contributed by atoms with Crippen LogP contribution in [0.4, 0.5) is 0 Å². The van der Waals surface area contributed by atoms with Crippen molar-refractivity contribution in [1.29, 1.82) is 5.26 Å². The molecular formula is C23H23N5O2. The van der Waals surface area contributed by atoms with Gasteiger partial charge < -0.3 is 10.1 Å². The molecule has 2 aromatic carbocycles. The molecule has 1 aliphatic heterocycles. The number of para-hydroxylation sites is 1. The van der Waals surface area contributed by atoms with E-state index in [9.17, 15) is 15.2 Å². The quantitative estimate of drug-likeness (QED) is 0.504. The van der Waals surface area contributed by atoms with Crippen LogP contribution in [0, 0.1) is 11.3 Å². The Bertz CT molecular complexity index is 1160. The summed E-state index contributed by atoms with van der Waals surface area (Å²) in [6, 6.07) is 19.3. The van der Waals surface area contributed by atoms with Crippen LogP contribution in [0.3, 0.4) is 0 Å². The summed E-state index contributed by atoms with van der Waals surface area (Å²) in [6.45, 7) is 4.50. The zero-order chi connectivity index (χ0) is 20.9. The minimum Gasteiger partial charge on any atom is -0.509 e. The van der Waals surface area contributed by atoms with Crippen LogP contribution in [0.15, 0.2) is 65.2 Å². The summed E-state index contributed by atoms with van der Waals surface area (Å²) < 4.78 is 0. The van der Waals surface area contributed by atoms with Gasteiger partial charge in [-0.2, -0.15) is 5.26 Å². The maximum absolute atomic E-state index is 12.3. The molecule has 0 aliphatic carbocycles. The highest BCUT2D eigenvalue weighted by molar-refractivity contribution is 5.81. The molecule has 1 aliphatic rings. The molecule has 1 fully saturated rings. The summed E-state index contributed by atoms with van der Waals surface area (Å²) >= 11 is 0. The molecular weight excluding hydrogens is 378 g/mol. The van der Waals surface area contributed by atoms with Crippen LogP contribution in [0.5, 0.6) is 0 Å². The number of fused-ring (bicyclic) bond motifs is 1. The Kier molecular flexibility index (Phi) is 5.89. The maximum atomic E-state index is 12.3. The average Bonchev–Trinajstić information content (AvgIpc) is 2.76. The molecule has 2 N–H and O–H groups in total. The summed E-state index contributed by atoms with van der Waals surface area (Å²) in [7, 11) is 0. The summed E-state index contributed by atoms with van der Waals surface area (Å²) in [5.41, 5.74) is 1.45. The molecule has 30 heavy (non-hydrogen) atoms. The van der Waals surface area contributed by atoms with Gasteiger partial charge in [-0.15, -0.1) is 0 Å². The van der Waals surface area contributed by atoms with E-state index in [2.05, 4.69) is 31.9 Å². The van der Waals surface area contributed by atoms with Gasteiger partial charge in [0.25, 0.3) is 5.56 Å². The van der Waals surface area contributed by atoms with Crippen LogP contribution in [-0.4, -0.2) is 57.6 Å². The van der Waals surface area contributed by atoms with Gasteiger partial charge in [-0.05, 0) is 17.7 Å². The van der Waals surface area contributed by atoms with Crippen molar-refractivity contribution in [1.82, 2.24) is 19.8 Å². The van der Waals surface area contributed by atoms with Crippen LogP contribution >= 0.6 is 0 Å². The van der Waals surface area contributed by atoms with E-state index >= 15 is 0 Å². The molecule has 7 nitrogen and oxygen atoms in total. The molecule has 0 atom stereocenters. The second kappa shape index (κ2) is 8.91. The van der Waals surface area contributed by atoms with Gasteiger partial charge in [-0.25, -0.2) is 4.98 Å². The first-order valence-electron chi connectivity index (χ1n) is 9.94. The van der Waals surface area contributed by atoms with Crippen molar-refractivity contribution < 1.29 is 5.11 Å². The lowest BCUT2D eigenvalue weighted by molar-refractivity contribution is 0.125. The summed E-state index contributed by atoms with van der Waals surface area (Å²) in [6.07, 6.45) is 0. The van der Waals surface area contributed by atoms with E-state index in [0.717, 1.165) is 32.7 Å². The number of hydrogen-bond donors (Lipinski definition) is 2. The molecule has 0 amide bonds. The van der Waals surface area contributed by atoms with E-state index in [1.165, 1.54) is 5.56 Å². The van der Waals surface area contributed by atoms with E-state index in [-0.39, 0.29) is 29.3 Å². The van der Waals surface area contributed by atoms with E-state index < -0.39 is 0 Å². The van der Waals surface area contributed by atoms with E-state index in [1.807, 2.05) is 24.3 Å². The Morgan fingerprint density at radius 2 is 1.70 bits per heavy atom. The van der Waals surface area contributed by atoms with Gasteiger partial charge in [-0.1, -0.05) is 42.5 Å². The van der Waals surface area contributed by atoms with Gasteiger partial charge in [0.2, 0.25) is 0 Å². The molecule has 0 bridgehead atoms. The van der Waals surface area contributed by atoms with Gasteiger partial charge in [0.05, 0.1) is 17.4 Å². The van der Waals surface area contributed by atoms with Gasteiger partial charge in [0.1, 0.15) is 17.4 Å². The molecule has 3 aromatic rings. The Hall–Kier alpha value is -3.47. The molecule has 0 unspecified atom stereocenters. The number of aromatic nitrogens is 2. The van der Waals surface area contributed by atoms with Crippen molar-refractivity contribution in [3.63, 3.8) is 0 Å². The predicted octanol–water partition coefficient (Wildman–Crippen LogP) is 2.53. The standard InChI is InChI=1S/C23H23N5O2/c24-14-19(22-25-20-9-5-4-8-18(20)23(30)26-22)21(29)16-28-12-10-27(11-13-28)15-17-6-2-1-3-7-17/h1-9,29H,10-13,15-16H2,(H,25,26,30). The Morgan fingerprint density at radius 3 is 2.43 bits per heavy atom. The normalized spacial score (nSPS) is 16.2. The number of nitrogens with zero attached hydrogens (tertiary/aromatic N) is 4. The largest absolute Gasteiger partial charge is 0.509 e. The number of nitriles is 1. The fourth-order valence-electron chi connectivity index (χ4n) is 3.70. The zero-order valence-electron chi connectivity index (χ0n) is 16.6. The van der Waals surface area contributed by atoms with Gasteiger partial charge in [0.15, 0.2) is 5.82 Å². The molecule has 0 saturated carbocycles. The van der Waals surface area contributed by atoms with E-state index in [4.69, 9.17) is 0 Å². The number of aromatic amines is 1. The lowest BCUT2D eigenvalue weighted by atomic mass is 10.1. The second-order valence-corrected chi connectivity index (χ2v) is 7.40. The highest BCUT2D eigenvalue weighted by Gasteiger charge is 2.20. The number of aliphatic hydroxyl groups is 1. The van der Waals surface area contributed by atoms with Crippen molar-refractivity contribution in [2.75, 3.05) is 32.7 Å². The summed E-state index contributed by atoms with van der Waals surface area (Å²) in [4.78, 5) is 23.8. The Balaban J connectivity index is 1.45. The summed E-state index contributed by atoms with van der Waals surface area (Å²) in [5.74, 6) is 0.0221. The smallest absolute Gasteiger partial charge is 0.259 e. The van der Waals surface area contributed by atoms with Crippen LogP contribution in [0.1, 0.15) is 11.4 Å². The van der Waals surface area contributed by atoms with Gasteiger partial charge >= 0.3 is 0 Å². The van der Waals surface area contributed by atoms with E-state index in [1.54, 1.807) is 24.3 Å². The highest BCUT2D eigenvalue weighted by atomic mass is 16.3. The van der Waals surface area contributed by atoms with Crippen molar-refractivity contribution >= 4 is 16.5 Å². The third-order valence-corrected chi connectivity index (χ3v) is 5.34. The van der Waals surface area contributed by atoms with E-state index in [0.29, 0.717) is 10.9 Å². The average molecular weight is 401 g/mol. The van der Waals surface area contributed by atoms with Crippen molar-refractivity contribution in [3.05, 3.63) is 82.1 Å². The number of benzene rings is 2.